The molecule has 1 fully saturated rings. The molecule has 0 aliphatic carbocycles. The highest BCUT2D eigenvalue weighted by molar-refractivity contribution is 5.85. The van der Waals surface area contributed by atoms with Gasteiger partial charge in [-0.05, 0) is 26.0 Å². The van der Waals surface area contributed by atoms with E-state index in [-0.39, 0.29) is 6.10 Å². The van der Waals surface area contributed by atoms with Gasteiger partial charge in [0.15, 0.2) is 6.29 Å². The Hall–Kier alpha value is -1.35. The Morgan fingerprint density at radius 1 is 1.50 bits per heavy atom. The summed E-state index contributed by atoms with van der Waals surface area (Å²) in [5, 5.41) is 0. The predicted molar refractivity (Wildman–Crippen MR) is 64.2 cm³/mol. The molecule has 1 aliphatic heterocycles. The van der Waals surface area contributed by atoms with Crippen molar-refractivity contribution in [3.8, 4) is 0 Å². The van der Waals surface area contributed by atoms with Crippen LogP contribution < -0.4 is 4.90 Å². The molecule has 3 heteroatoms. The van der Waals surface area contributed by atoms with E-state index in [1.165, 1.54) is 0 Å². The maximum absolute atomic E-state index is 11.0. The largest absolute Gasteiger partial charge is 0.375 e. The van der Waals surface area contributed by atoms with Crippen LogP contribution in [0.3, 0.4) is 0 Å². The molecule has 0 aromatic heterocycles. The monoisotopic (exact) mass is 219 g/mol. The number of ether oxygens (including phenoxy) is 1. The first-order valence-corrected chi connectivity index (χ1v) is 5.63. The summed E-state index contributed by atoms with van der Waals surface area (Å²) < 4.78 is 5.50. The highest BCUT2D eigenvalue weighted by Gasteiger charge is 2.18. The lowest BCUT2D eigenvalue weighted by molar-refractivity contribution is 0.0531. The number of hydrogen-bond acceptors (Lipinski definition) is 3. The van der Waals surface area contributed by atoms with E-state index in [1.54, 1.807) is 0 Å². The van der Waals surface area contributed by atoms with E-state index in [0.717, 1.165) is 42.8 Å². The third-order valence-electron chi connectivity index (χ3n) is 2.89. The van der Waals surface area contributed by atoms with Gasteiger partial charge in [0.1, 0.15) is 0 Å². The molecule has 1 aliphatic rings. The molecular weight excluding hydrogens is 202 g/mol. The Kier molecular flexibility index (Phi) is 3.25. The maximum atomic E-state index is 11.0. The average Bonchev–Trinajstić information content (AvgIpc) is 2.28. The molecule has 0 N–H and O–H groups in total. The molecule has 0 saturated carbocycles. The molecule has 1 unspecified atom stereocenters. The summed E-state index contributed by atoms with van der Waals surface area (Å²) in [4.78, 5) is 13.3. The van der Waals surface area contributed by atoms with Crippen molar-refractivity contribution in [3.05, 3.63) is 29.3 Å². The van der Waals surface area contributed by atoms with Crippen LogP contribution in [0.2, 0.25) is 0 Å². The quantitative estimate of drug-likeness (QED) is 0.713. The third kappa shape index (κ3) is 2.25. The molecule has 1 aromatic rings. The summed E-state index contributed by atoms with van der Waals surface area (Å²) in [5.41, 5.74) is 2.91. The number of morpholine rings is 1. The summed E-state index contributed by atoms with van der Waals surface area (Å²) in [6.07, 6.45) is 1.16. The molecule has 86 valence electrons. The molecule has 0 bridgehead atoms. The second-order valence-electron chi connectivity index (χ2n) is 4.31. The average molecular weight is 219 g/mol. The Labute approximate surface area is 96.0 Å². The van der Waals surface area contributed by atoms with Gasteiger partial charge in [-0.2, -0.15) is 0 Å². The minimum Gasteiger partial charge on any atom is -0.375 e. The van der Waals surface area contributed by atoms with Crippen molar-refractivity contribution in [1.29, 1.82) is 0 Å². The molecular formula is C13H17NO2. The molecule has 16 heavy (non-hydrogen) atoms. The van der Waals surface area contributed by atoms with Crippen LogP contribution in [0.5, 0.6) is 0 Å². The Morgan fingerprint density at radius 2 is 2.31 bits per heavy atom. The number of carbonyl (C=O) groups excluding carboxylic acids is 1. The molecule has 1 heterocycles. The predicted octanol–water partition coefficient (Wildman–Crippen LogP) is 2.03. The van der Waals surface area contributed by atoms with Crippen molar-refractivity contribution in [2.45, 2.75) is 20.0 Å². The fourth-order valence-electron chi connectivity index (χ4n) is 2.09. The number of anilines is 1. The summed E-state index contributed by atoms with van der Waals surface area (Å²) in [7, 11) is 0. The van der Waals surface area contributed by atoms with E-state index in [2.05, 4.69) is 11.8 Å². The fourth-order valence-corrected chi connectivity index (χ4v) is 2.09. The number of carbonyl (C=O) groups is 1. The summed E-state index contributed by atoms with van der Waals surface area (Å²) >= 11 is 0. The smallest absolute Gasteiger partial charge is 0.152 e. The molecule has 1 saturated heterocycles. The van der Waals surface area contributed by atoms with E-state index < -0.39 is 0 Å². The van der Waals surface area contributed by atoms with Gasteiger partial charge in [0.25, 0.3) is 0 Å². The van der Waals surface area contributed by atoms with Crippen LogP contribution in [0.4, 0.5) is 5.69 Å². The van der Waals surface area contributed by atoms with Crippen molar-refractivity contribution in [2.75, 3.05) is 24.6 Å². The molecule has 0 spiro atoms. The summed E-state index contributed by atoms with van der Waals surface area (Å²) in [6, 6.07) is 6.00. The maximum Gasteiger partial charge on any atom is 0.152 e. The van der Waals surface area contributed by atoms with Gasteiger partial charge in [0, 0.05) is 24.3 Å². The molecule has 1 atom stereocenters. The van der Waals surface area contributed by atoms with Crippen LogP contribution in [0.1, 0.15) is 22.8 Å². The van der Waals surface area contributed by atoms with Crippen molar-refractivity contribution in [3.63, 3.8) is 0 Å². The van der Waals surface area contributed by atoms with Crippen LogP contribution >= 0.6 is 0 Å². The number of hydrogen-bond donors (Lipinski definition) is 0. The SMILES string of the molecule is Cc1ccc(N2CCOC(C)C2)c(C=O)c1. The normalized spacial score (nSPS) is 20.9. The van der Waals surface area contributed by atoms with Crippen LogP contribution in [0.25, 0.3) is 0 Å². The Bertz CT molecular complexity index is 390. The summed E-state index contributed by atoms with van der Waals surface area (Å²) in [5.74, 6) is 0. The zero-order valence-corrected chi connectivity index (χ0v) is 9.77. The summed E-state index contributed by atoms with van der Waals surface area (Å²) in [6.45, 7) is 6.49. The van der Waals surface area contributed by atoms with Crippen molar-refractivity contribution in [2.24, 2.45) is 0 Å². The van der Waals surface area contributed by atoms with Gasteiger partial charge in [0.2, 0.25) is 0 Å². The van der Waals surface area contributed by atoms with E-state index in [4.69, 9.17) is 4.74 Å². The van der Waals surface area contributed by atoms with Gasteiger partial charge in [-0.15, -0.1) is 0 Å². The second kappa shape index (κ2) is 4.66. The Morgan fingerprint density at radius 3 is 3.00 bits per heavy atom. The van der Waals surface area contributed by atoms with Crippen LogP contribution in [0.15, 0.2) is 18.2 Å². The van der Waals surface area contributed by atoms with E-state index in [9.17, 15) is 4.79 Å². The molecule has 3 nitrogen and oxygen atoms in total. The lowest BCUT2D eigenvalue weighted by atomic mass is 10.1. The third-order valence-corrected chi connectivity index (χ3v) is 2.89. The van der Waals surface area contributed by atoms with Crippen LogP contribution in [-0.4, -0.2) is 32.1 Å². The first-order valence-electron chi connectivity index (χ1n) is 5.63. The van der Waals surface area contributed by atoms with Crippen molar-refractivity contribution >= 4 is 12.0 Å². The number of benzene rings is 1. The highest BCUT2D eigenvalue weighted by atomic mass is 16.5. The first kappa shape index (κ1) is 11.1. The number of nitrogens with zero attached hydrogens (tertiary/aromatic N) is 1. The second-order valence-corrected chi connectivity index (χ2v) is 4.31. The minimum atomic E-state index is 0.231. The van der Waals surface area contributed by atoms with Gasteiger partial charge in [0.05, 0.1) is 12.7 Å². The number of aryl methyl sites for hydroxylation is 1. The van der Waals surface area contributed by atoms with Gasteiger partial charge in [-0.3, -0.25) is 4.79 Å². The van der Waals surface area contributed by atoms with Crippen molar-refractivity contribution in [1.82, 2.24) is 0 Å². The Balaban J connectivity index is 2.28. The van der Waals surface area contributed by atoms with Crippen LogP contribution in [0, 0.1) is 6.92 Å². The molecule has 0 radical (unpaired) electrons. The van der Waals surface area contributed by atoms with E-state index in [0.29, 0.717) is 0 Å². The zero-order chi connectivity index (χ0) is 11.5. The molecule has 0 amide bonds. The lowest BCUT2D eigenvalue weighted by Gasteiger charge is -2.33. The van der Waals surface area contributed by atoms with E-state index in [1.807, 2.05) is 25.1 Å². The van der Waals surface area contributed by atoms with E-state index >= 15 is 0 Å². The number of rotatable bonds is 2. The van der Waals surface area contributed by atoms with Crippen LogP contribution in [-0.2, 0) is 4.74 Å². The van der Waals surface area contributed by atoms with Crippen molar-refractivity contribution < 1.29 is 9.53 Å². The lowest BCUT2D eigenvalue weighted by Crippen LogP contribution is -2.41. The zero-order valence-electron chi connectivity index (χ0n) is 9.77. The van der Waals surface area contributed by atoms with Gasteiger partial charge >= 0.3 is 0 Å². The topological polar surface area (TPSA) is 29.5 Å². The van der Waals surface area contributed by atoms with Gasteiger partial charge in [-0.1, -0.05) is 11.6 Å². The standard InChI is InChI=1S/C13H17NO2/c1-10-3-4-13(12(7-10)9-15)14-5-6-16-11(2)8-14/h3-4,7,9,11H,5-6,8H2,1-2H3. The molecule has 1 aromatic carbocycles. The molecule has 2 rings (SSSR count). The number of aldehydes is 1. The highest BCUT2D eigenvalue weighted by Crippen LogP contribution is 2.22. The fraction of sp³-hybridized carbons (Fsp3) is 0.462. The van der Waals surface area contributed by atoms with Gasteiger partial charge < -0.3 is 9.64 Å². The van der Waals surface area contributed by atoms with Gasteiger partial charge in [-0.25, -0.2) is 0 Å². The minimum absolute atomic E-state index is 0.231. The first-order chi connectivity index (χ1) is 7.70.